The minimum atomic E-state index is -1.10. The number of ether oxygens (including phenoxy) is 1. The van der Waals surface area contributed by atoms with Gasteiger partial charge in [-0.1, -0.05) is 24.3 Å². The van der Waals surface area contributed by atoms with Gasteiger partial charge in [-0.2, -0.15) is 0 Å². The van der Waals surface area contributed by atoms with E-state index in [1.165, 1.54) is 30.2 Å². The van der Waals surface area contributed by atoms with Crippen LogP contribution < -0.4 is 4.74 Å². The van der Waals surface area contributed by atoms with E-state index in [9.17, 15) is 19.8 Å². The lowest BCUT2D eigenvalue weighted by Crippen LogP contribution is -2.43. The Hall–Kier alpha value is -3.02. The highest BCUT2D eigenvalue weighted by molar-refractivity contribution is 5.99. The molecule has 1 aliphatic rings. The Balaban J connectivity index is 2.02. The van der Waals surface area contributed by atoms with E-state index >= 15 is 0 Å². The minimum Gasteiger partial charge on any atom is -0.507 e. The summed E-state index contributed by atoms with van der Waals surface area (Å²) in [6, 6.07) is 10.4. The van der Waals surface area contributed by atoms with Crippen molar-refractivity contribution in [3.63, 3.8) is 0 Å². The number of carbonyl (C=O) groups excluding carboxylic acids is 1. The molecule has 0 fully saturated rings. The molecule has 0 radical (unpaired) electrons. The summed E-state index contributed by atoms with van der Waals surface area (Å²) in [4.78, 5) is 25.9. The maximum Gasteiger partial charge on any atom is 0.331 e. The van der Waals surface area contributed by atoms with Crippen molar-refractivity contribution in [2.75, 3.05) is 13.7 Å². The van der Waals surface area contributed by atoms with Gasteiger partial charge in [0.25, 0.3) is 5.91 Å². The first-order valence-corrected chi connectivity index (χ1v) is 7.51. The van der Waals surface area contributed by atoms with E-state index in [0.29, 0.717) is 17.7 Å². The molecule has 1 atom stereocenters. The number of rotatable bonds is 3. The first-order chi connectivity index (χ1) is 11.5. The molecule has 6 nitrogen and oxygen atoms in total. The number of aliphatic carboxylic acids is 1. The van der Waals surface area contributed by atoms with Crippen LogP contribution in [0, 0.1) is 0 Å². The Bertz CT molecular complexity index is 802. The summed E-state index contributed by atoms with van der Waals surface area (Å²) in [5, 5.41) is 19.6. The number of benzene rings is 2. The predicted molar refractivity (Wildman–Crippen MR) is 86.2 cm³/mol. The van der Waals surface area contributed by atoms with Crippen molar-refractivity contribution < 1.29 is 24.5 Å². The number of fused-ring (bicyclic) bond motifs is 1. The van der Waals surface area contributed by atoms with Crippen LogP contribution in [0.1, 0.15) is 27.5 Å². The van der Waals surface area contributed by atoms with Crippen LogP contribution in [0.4, 0.5) is 0 Å². The molecule has 0 saturated carbocycles. The number of hydrogen-bond acceptors (Lipinski definition) is 4. The lowest BCUT2D eigenvalue weighted by atomic mass is 9.92. The van der Waals surface area contributed by atoms with Crippen LogP contribution in [-0.2, 0) is 11.2 Å². The number of amides is 1. The number of phenolic OH excluding ortho intramolecular Hbond substituents is 1. The molecule has 6 heteroatoms. The van der Waals surface area contributed by atoms with E-state index in [1.807, 2.05) is 12.1 Å². The van der Waals surface area contributed by atoms with Crippen molar-refractivity contribution in [2.24, 2.45) is 0 Å². The van der Waals surface area contributed by atoms with Gasteiger partial charge in [0.05, 0.1) is 12.7 Å². The van der Waals surface area contributed by atoms with Crippen molar-refractivity contribution in [1.29, 1.82) is 0 Å². The third-order valence-corrected chi connectivity index (χ3v) is 4.21. The summed E-state index contributed by atoms with van der Waals surface area (Å²) in [6.45, 7) is 0.267. The van der Waals surface area contributed by atoms with Crippen LogP contribution in [0.15, 0.2) is 42.5 Å². The van der Waals surface area contributed by atoms with Crippen LogP contribution >= 0.6 is 0 Å². The van der Waals surface area contributed by atoms with Crippen LogP contribution in [0.2, 0.25) is 0 Å². The Morgan fingerprint density at radius 2 is 1.96 bits per heavy atom. The second-order valence-electron chi connectivity index (χ2n) is 5.57. The third-order valence-electron chi connectivity index (χ3n) is 4.21. The second-order valence-corrected chi connectivity index (χ2v) is 5.57. The summed E-state index contributed by atoms with van der Waals surface area (Å²) < 4.78 is 5.08. The highest BCUT2D eigenvalue weighted by Gasteiger charge is 2.36. The Kier molecular flexibility index (Phi) is 4.12. The molecule has 24 heavy (non-hydrogen) atoms. The molecule has 0 unspecified atom stereocenters. The summed E-state index contributed by atoms with van der Waals surface area (Å²) in [5.74, 6) is -1.42. The molecular formula is C18H17NO5. The summed E-state index contributed by atoms with van der Waals surface area (Å²) in [5.41, 5.74) is 1.55. The number of carboxylic acids is 1. The van der Waals surface area contributed by atoms with Gasteiger partial charge in [-0.05, 0) is 35.7 Å². The van der Waals surface area contributed by atoms with Gasteiger partial charge in [0.15, 0.2) is 6.04 Å². The summed E-state index contributed by atoms with van der Waals surface area (Å²) >= 11 is 0. The van der Waals surface area contributed by atoms with Gasteiger partial charge in [0.2, 0.25) is 0 Å². The molecule has 2 aromatic carbocycles. The average Bonchev–Trinajstić information content (AvgIpc) is 2.60. The standard InChI is InChI=1S/C18H17NO5/c1-24-12-6-7-15(20)14(10-12)17(21)19-9-8-11-4-2-3-5-13(11)16(19)18(22)23/h2-7,10,16,20H,8-9H2,1H3,(H,22,23)/t16-/m0/s1. The van der Waals surface area contributed by atoms with Crippen LogP contribution in [0.3, 0.4) is 0 Å². The molecule has 0 bridgehead atoms. The fourth-order valence-electron chi connectivity index (χ4n) is 3.02. The zero-order chi connectivity index (χ0) is 17.3. The molecule has 1 aliphatic heterocycles. The SMILES string of the molecule is COc1ccc(O)c(C(=O)N2CCc3ccccc3[C@H]2C(=O)O)c1. The van der Waals surface area contributed by atoms with Crippen molar-refractivity contribution in [3.8, 4) is 11.5 Å². The number of hydrogen-bond donors (Lipinski definition) is 2. The first-order valence-electron chi connectivity index (χ1n) is 7.51. The van der Waals surface area contributed by atoms with Gasteiger partial charge in [0.1, 0.15) is 11.5 Å². The minimum absolute atomic E-state index is 0.0278. The van der Waals surface area contributed by atoms with Gasteiger partial charge in [0, 0.05) is 6.54 Å². The third kappa shape index (κ3) is 2.67. The van der Waals surface area contributed by atoms with Crippen molar-refractivity contribution in [1.82, 2.24) is 4.90 Å². The van der Waals surface area contributed by atoms with Gasteiger partial charge in [-0.15, -0.1) is 0 Å². The highest BCUT2D eigenvalue weighted by Crippen LogP contribution is 2.33. The van der Waals surface area contributed by atoms with E-state index in [-0.39, 0.29) is 17.9 Å². The lowest BCUT2D eigenvalue weighted by molar-refractivity contribution is -0.143. The van der Waals surface area contributed by atoms with E-state index in [4.69, 9.17) is 4.74 Å². The predicted octanol–water partition coefficient (Wildman–Crippen LogP) is 2.22. The molecule has 124 valence electrons. The van der Waals surface area contributed by atoms with Gasteiger partial charge < -0.3 is 19.8 Å². The molecule has 0 aromatic heterocycles. The highest BCUT2D eigenvalue weighted by atomic mass is 16.5. The van der Waals surface area contributed by atoms with E-state index < -0.39 is 17.9 Å². The van der Waals surface area contributed by atoms with Gasteiger partial charge >= 0.3 is 5.97 Å². The van der Waals surface area contributed by atoms with Crippen molar-refractivity contribution in [3.05, 3.63) is 59.2 Å². The zero-order valence-corrected chi connectivity index (χ0v) is 13.1. The maximum atomic E-state index is 12.9. The van der Waals surface area contributed by atoms with Crippen molar-refractivity contribution >= 4 is 11.9 Å². The molecule has 1 heterocycles. The first kappa shape index (κ1) is 15.9. The maximum absolute atomic E-state index is 12.9. The monoisotopic (exact) mass is 327 g/mol. The number of phenols is 1. The van der Waals surface area contributed by atoms with Crippen LogP contribution in [-0.4, -0.2) is 40.6 Å². The van der Waals surface area contributed by atoms with E-state index in [2.05, 4.69) is 0 Å². The summed E-state index contributed by atoms with van der Waals surface area (Å²) in [6.07, 6.45) is 0.566. The zero-order valence-electron chi connectivity index (χ0n) is 13.1. The largest absolute Gasteiger partial charge is 0.507 e. The molecule has 2 aromatic rings. The number of methoxy groups -OCH3 is 1. The van der Waals surface area contributed by atoms with E-state index in [1.54, 1.807) is 12.1 Å². The van der Waals surface area contributed by atoms with Gasteiger partial charge in [-0.25, -0.2) is 4.79 Å². The molecular weight excluding hydrogens is 310 g/mol. The number of aromatic hydroxyl groups is 1. The van der Waals surface area contributed by atoms with Crippen LogP contribution in [0.5, 0.6) is 11.5 Å². The molecule has 0 aliphatic carbocycles. The lowest BCUT2D eigenvalue weighted by Gasteiger charge is -2.35. The average molecular weight is 327 g/mol. The normalized spacial score (nSPS) is 16.4. The quantitative estimate of drug-likeness (QED) is 0.902. The van der Waals surface area contributed by atoms with Crippen molar-refractivity contribution in [2.45, 2.75) is 12.5 Å². The summed E-state index contributed by atoms with van der Waals surface area (Å²) in [7, 11) is 1.46. The molecule has 0 spiro atoms. The van der Waals surface area contributed by atoms with Crippen LogP contribution in [0.25, 0.3) is 0 Å². The van der Waals surface area contributed by atoms with Gasteiger partial charge in [-0.3, -0.25) is 4.79 Å². The second kappa shape index (κ2) is 6.23. The molecule has 3 rings (SSSR count). The Morgan fingerprint density at radius 3 is 2.67 bits per heavy atom. The molecule has 2 N–H and O–H groups in total. The Morgan fingerprint density at radius 1 is 1.21 bits per heavy atom. The smallest absolute Gasteiger partial charge is 0.331 e. The fourth-order valence-corrected chi connectivity index (χ4v) is 3.02. The fraction of sp³-hybridized carbons (Fsp3) is 0.222. The molecule has 1 amide bonds. The van der Waals surface area contributed by atoms with E-state index in [0.717, 1.165) is 5.56 Å². The molecule has 0 saturated heterocycles. The number of nitrogens with zero attached hydrogens (tertiary/aromatic N) is 1. The number of carbonyl (C=O) groups is 2. The topological polar surface area (TPSA) is 87.1 Å². The Labute approximate surface area is 138 Å². The number of carboxylic acid groups (broad SMARTS) is 1.